The van der Waals surface area contributed by atoms with Crippen molar-refractivity contribution in [1.29, 1.82) is 0 Å². The Morgan fingerprint density at radius 3 is 2.60 bits per heavy atom. The first-order chi connectivity index (χ1) is 12.2. The Morgan fingerprint density at radius 1 is 0.960 bits per heavy atom. The molecular weight excluding hydrogens is 464 g/mol. The van der Waals surface area contributed by atoms with E-state index in [0.717, 1.165) is 36.4 Å². The van der Waals surface area contributed by atoms with Gasteiger partial charge >= 0.3 is 0 Å². The third-order valence-corrected chi connectivity index (χ3v) is 5.76. The summed E-state index contributed by atoms with van der Waals surface area (Å²) in [5, 5.41) is 6.40. The van der Waals surface area contributed by atoms with Crippen molar-refractivity contribution in [3.63, 3.8) is 0 Å². The Balaban J connectivity index is 1.66. The Hall–Kier alpha value is -1.70. The van der Waals surface area contributed by atoms with Crippen molar-refractivity contribution in [2.45, 2.75) is 10.8 Å². The molecule has 124 valence electrons. The van der Waals surface area contributed by atoms with Crippen LogP contribution in [0.4, 0.5) is 0 Å². The van der Waals surface area contributed by atoms with Gasteiger partial charge in [-0.1, -0.05) is 44.0 Å². The minimum absolute atomic E-state index is 0.814. The van der Waals surface area contributed by atoms with Gasteiger partial charge in [-0.2, -0.15) is 5.10 Å². The highest BCUT2D eigenvalue weighted by Gasteiger charge is 2.11. The van der Waals surface area contributed by atoms with Gasteiger partial charge in [0.15, 0.2) is 5.65 Å². The maximum absolute atomic E-state index is 4.50. The van der Waals surface area contributed by atoms with Crippen molar-refractivity contribution in [3.8, 4) is 5.69 Å². The Bertz CT molecular complexity index is 1030. The van der Waals surface area contributed by atoms with Gasteiger partial charge in [0.1, 0.15) is 11.4 Å². The summed E-state index contributed by atoms with van der Waals surface area (Å²) in [7, 11) is 0. The Kier molecular flexibility index (Phi) is 4.87. The maximum atomic E-state index is 4.50. The van der Waals surface area contributed by atoms with E-state index in [4.69, 9.17) is 0 Å². The largest absolute Gasteiger partial charge is 0.229 e. The smallest absolute Gasteiger partial charge is 0.167 e. The number of thioether (sulfide) groups is 1. The van der Waals surface area contributed by atoms with E-state index < -0.39 is 0 Å². The summed E-state index contributed by atoms with van der Waals surface area (Å²) in [6, 6.07) is 16.3. The van der Waals surface area contributed by atoms with Crippen LogP contribution < -0.4 is 0 Å². The summed E-state index contributed by atoms with van der Waals surface area (Å²) >= 11 is 8.66. The molecule has 0 aliphatic carbocycles. The summed E-state index contributed by atoms with van der Waals surface area (Å²) in [6.07, 6.45) is 3.43. The lowest BCUT2D eigenvalue weighted by atomic mass is 10.2. The molecule has 0 saturated carbocycles. The molecule has 2 heterocycles. The summed E-state index contributed by atoms with van der Waals surface area (Å²) in [4.78, 5) is 8.87. The summed E-state index contributed by atoms with van der Waals surface area (Å²) in [6.45, 7) is 0. The standard InChI is InChI=1S/C18H12Br2N4S/c19-13-4-6-15(7-5-13)24-17-16(9-23-24)18(22-11-21-17)25-10-12-2-1-3-14(20)8-12/h1-9,11H,10H2. The number of halogens is 2. The van der Waals surface area contributed by atoms with Gasteiger partial charge in [0.05, 0.1) is 17.3 Å². The predicted molar refractivity (Wildman–Crippen MR) is 108 cm³/mol. The van der Waals surface area contributed by atoms with Crippen LogP contribution in [0.3, 0.4) is 0 Å². The Morgan fingerprint density at radius 2 is 1.80 bits per heavy atom. The van der Waals surface area contributed by atoms with Crippen LogP contribution in [-0.4, -0.2) is 19.7 Å². The van der Waals surface area contributed by atoms with Gasteiger partial charge in [-0.3, -0.25) is 0 Å². The lowest BCUT2D eigenvalue weighted by molar-refractivity contribution is 0.893. The third kappa shape index (κ3) is 3.63. The second-order valence-corrected chi connectivity index (χ2v) is 8.16. The fraction of sp³-hybridized carbons (Fsp3) is 0.0556. The van der Waals surface area contributed by atoms with Crippen molar-refractivity contribution in [3.05, 3.63) is 75.6 Å². The van der Waals surface area contributed by atoms with E-state index in [1.807, 2.05) is 47.3 Å². The van der Waals surface area contributed by atoms with Crippen LogP contribution in [0.2, 0.25) is 0 Å². The first-order valence-electron chi connectivity index (χ1n) is 7.52. The van der Waals surface area contributed by atoms with Crippen molar-refractivity contribution in [1.82, 2.24) is 19.7 Å². The van der Waals surface area contributed by atoms with Crippen LogP contribution in [0, 0.1) is 0 Å². The SMILES string of the molecule is Brc1ccc(-n2ncc3c(SCc4cccc(Br)c4)ncnc32)cc1. The van der Waals surface area contributed by atoms with Gasteiger partial charge in [-0.15, -0.1) is 11.8 Å². The molecule has 0 spiro atoms. The number of benzene rings is 2. The van der Waals surface area contributed by atoms with E-state index in [0.29, 0.717) is 0 Å². The molecule has 2 aromatic heterocycles. The highest BCUT2D eigenvalue weighted by molar-refractivity contribution is 9.10. The van der Waals surface area contributed by atoms with E-state index in [1.165, 1.54) is 5.56 Å². The van der Waals surface area contributed by atoms with E-state index >= 15 is 0 Å². The minimum atomic E-state index is 0.814. The zero-order chi connectivity index (χ0) is 17.2. The molecule has 7 heteroatoms. The van der Waals surface area contributed by atoms with Gasteiger partial charge < -0.3 is 0 Å². The van der Waals surface area contributed by atoms with Crippen LogP contribution in [0.25, 0.3) is 16.7 Å². The van der Waals surface area contributed by atoms with E-state index in [-0.39, 0.29) is 0 Å². The molecule has 0 radical (unpaired) electrons. The molecule has 0 unspecified atom stereocenters. The molecule has 0 aliphatic rings. The van der Waals surface area contributed by atoms with Crippen LogP contribution in [-0.2, 0) is 5.75 Å². The molecule has 4 rings (SSSR count). The van der Waals surface area contributed by atoms with Crippen LogP contribution in [0.15, 0.2) is 75.0 Å². The van der Waals surface area contributed by atoms with Crippen molar-refractivity contribution in [2.75, 3.05) is 0 Å². The molecular formula is C18H12Br2N4S. The summed E-state index contributed by atoms with van der Waals surface area (Å²) < 4.78 is 3.96. The Labute approximate surface area is 165 Å². The second kappa shape index (κ2) is 7.27. The normalized spacial score (nSPS) is 11.1. The number of hydrogen-bond acceptors (Lipinski definition) is 4. The number of fused-ring (bicyclic) bond motifs is 1. The molecule has 0 saturated heterocycles. The highest BCUT2D eigenvalue weighted by atomic mass is 79.9. The zero-order valence-corrected chi connectivity index (χ0v) is 16.9. The molecule has 0 fully saturated rings. The second-order valence-electron chi connectivity index (χ2n) is 5.37. The molecule has 2 aromatic carbocycles. The van der Waals surface area contributed by atoms with E-state index in [9.17, 15) is 0 Å². The van der Waals surface area contributed by atoms with E-state index in [2.05, 4.69) is 59.1 Å². The van der Waals surface area contributed by atoms with Gasteiger partial charge in [0, 0.05) is 14.7 Å². The molecule has 25 heavy (non-hydrogen) atoms. The van der Waals surface area contributed by atoms with Gasteiger partial charge in [0.25, 0.3) is 0 Å². The minimum Gasteiger partial charge on any atom is -0.229 e. The molecule has 0 bridgehead atoms. The lowest BCUT2D eigenvalue weighted by Crippen LogP contribution is -1.97. The average molecular weight is 476 g/mol. The predicted octanol–water partition coefficient (Wildman–Crippen LogP) is 5.63. The first kappa shape index (κ1) is 16.8. The van der Waals surface area contributed by atoms with Gasteiger partial charge in [0.2, 0.25) is 0 Å². The van der Waals surface area contributed by atoms with Crippen LogP contribution in [0.5, 0.6) is 0 Å². The zero-order valence-electron chi connectivity index (χ0n) is 12.9. The topological polar surface area (TPSA) is 43.6 Å². The monoisotopic (exact) mass is 474 g/mol. The molecule has 4 nitrogen and oxygen atoms in total. The first-order valence-corrected chi connectivity index (χ1v) is 10.1. The molecule has 0 atom stereocenters. The van der Waals surface area contributed by atoms with Gasteiger partial charge in [-0.25, -0.2) is 14.6 Å². The maximum Gasteiger partial charge on any atom is 0.167 e. The number of rotatable bonds is 4. The quantitative estimate of drug-likeness (QED) is 0.283. The summed E-state index contributed by atoms with van der Waals surface area (Å²) in [5.74, 6) is 0.842. The fourth-order valence-corrected chi connectivity index (χ4v) is 4.10. The molecule has 4 aromatic rings. The third-order valence-electron chi connectivity index (χ3n) is 3.67. The van der Waals surface area contributed by atoms with Crippen molar-refractivity contribution < 1.29 is 0 Å². The lowest BCUT2D eigenvalue weighted by Gasteiger charge is -2.05. The summed E-state index contributed by atoms with van der Waals surface area (Å²) in [5.41, 5.74) is 3.03. The van der Waals surface area contributed by atoms with Gasteiger partial charge in [-0.05, 0) is 42.0 Å². The van der Waals surface area contributed by atoms with Crippen molar-refractivity contribution in [2.24, 2.45) is 0 Å². The molecule has 0 N–H and O–H groups in total. The van der Waals surface area contributed by atoms with Crippen molar-refractivity contribution >= 4 is 54.7 Å². The van der Waals surface area contributed by atoms with E-state index in [1.54, 1.807) is 18.1 Å². The number of nitrogens with zero attached hydrogens (tertiary/aromatic N) is 4. The average Bonchev–Trinajstić information content (AvgIpc) is 3.05. The van der Waals surface area contributed by atoms with Crippen LogP contribution >= 0.6 is 43.6 Å². The number of hydrogen-bond donors (Lipinski definition) is 0. The van der Waals surface area contributed by atoms with Crippen LogP contribution in [0.1, 0.15) is 5.56 Å². The molecule has 0 amide bonds. The molecule has 0 aliphatic heterocycles. The number of aromatic nitrogens is 4. The fourth-order valence-electron chi connectivity index (χ4n) is 2.49. The highest BCUT2D eigenvalue weighted by Crippen LogP contribution is 2.29.